The summed E-state index contributed by atoms with van der Waals surface area (Å²) < 4.78 is 0. The molecule has 0 fully saturated rings. The number of nitrogens with zero attached hydrogens (tertiary/aromatic N) is 1. The Balaban J connectivity index is 2.14. The number of carbonyl (C=O) groups excluding carboxylic acids is 1. The summed E-state index contributed by atoms with van der Waals surface area (Å²) in [6, 6.07) is 3.97. The van der Waals surface area contributed by atoms with Crippen LogP contribution in [0.25, 0.3) is 17.1 Å². The van der Waals surface area contributed by atoms with E-state index < -0.39 is 5.41 Å². The quantitative estimate of drug-likeness (QED) is 0.865. The molecular formula is C15H17N3O. The van der Waals surface area contributed by atoms with Gasteiger partial charge in [-0.3, -0.25) is 4.79 Å². The van der Waals surface area contributed by atoms with Crippen molar-refractivity contribution in [2.45, 2.75) is 32.6 Å². The molecule has 2 heterocycles. The predicted octanol–water partition coefficient (Wildman–Crippen LogP) is 3.22. The van der Waals surface area contributed by atoms with Crippen molar-refractivity contribution in [3.05, 3.63) is 29.6 Å². The summed E-state index contributed by atoms with van der Waals surface area (Å²) in [5.74, 6) is 0.894. The minimum Gasteiger partial charge on any atom is -0.338 e. The van der Waals surface area contributed by atoms with Gasteiger partial charge in [-0.2, -0.15) is 0 Å². The van der Waals surface area contributed by atoms with Crippen molar-refractivity contribution < 1.29 is 4.79 Å². The summed E-state index contributed by atoms with van der Waals surface area (Å²) in [5, 5.41) is 2.93. The van der Waals surface area contributed by atoms with Crippen LogP contribution in [0.4, 0.5) is 5.69 Å². The number of anilines is 1. The van der Waals surface area contributed by atoms with Crippen molar-refractivity contribution in [1.29, 1.82) is 0 Å². The molecule has 0 spiro atoms. The van der Waals surface area contributed by atoms with E-state index in [-0.39, 0.29) is 5.91 Å². The first kappa shape index (κ1) is 12.0. The third-order valence-electron chi connectivity index (χ3n) is 3.64. The van der Waals surface area contributed by atoms with Gasteiger partial charge in [-0.1, -0.05) is 13.0 Å². The van der Waals surface area contributed by atoms with Gasteiger partial charge in [0.15, 0.2) is 0 Å². The number of hydrogen-bond acceptors (Lipinski definition) is 2. The largest absolute Gasteiger partial charge is 0.338 e. The zero-order valence-electron chi connectivity index (χ0n) is 11.4. The number of rotatable bonds is 2. The van der Waals surface area contributed by atoms with Gasteiger partial charge in [0, 0.05) is 5.69 Å². The van der Waals surface area contributed by atoms with Gasteiger partial charge in [0.1, 0.15) is 5.82 Å². The van der Waals surface area contributed by atoms with E-state index in [1.165, 1.54) is 0 Å². The Morgan fingerprint density at radius 1 is 1.37 bits per heavy atom. The molecule has 0 saturated heterocycles. The molecule has 1 aromatic heterocycles. The number of allylic oxidation sites excluding steroid dienone is 1. The van der Waals surface area contributed by atoms with Crippen molar-refractivity contribution in [2.75, 3.05) is 5.32 Å². The lowest BCUT2D eigenvalue weighted by molar-refractivity contribution is -0.119. The van der Waals surface area contributed by atoms with E-state index in [9.17, 15) is 4.79 Å². The van der Waals surface area contributed by atoms with Crippen LogP contribution in [0.15, 0.2) is 18.2 Å². The lowest BCUT2D eigenvalue weighted by Gasteiger charge is -2.14. The number of nitrogens with one attached hydrogen (secondary N) is 2. The monoisotopic (exact) mass is 255 g/mol. The smallest absolute Gasteiger partial charge is 0.234 e. The summed E-state index contributed by atoms with van der Waals surface area (Å²) in [6.45, 7) is 5.96. The summed E-state index contributed by atoms with van der Waals surface area (Å²) >= 11 is 0. The molecule has 2 aromatic rings. The number of carbonyl (C=O) groups is 1. The van der Waals surface area contributed by atoms with Gasteiger partial charge in [-0.25, -0.2) is 4.98 Å². The third kappa shape index (κ3) is 1.75. The first-order valence-corrected chi connectivity index (χ1v) is 6.54. The number of amides is 1. The van der Waals surface area contributed by atoms with Crippen molar-refractivity contribution >= 4 is 28.7 Å². The molecule has 0 unspecified atom stereocenters. The van der Waals surface area contributed by atoms with Gasteiger partial charge >= 0.3 is 0 Å². The fourth-order valence-corrected chi connectivity index (χ4v) is 2.41. The predicted molar refractivity (Wildman–Crippen MR) is 77.1 cm³/mol. The van der Waals surface area contributed by atoms with Crippen LogP contribution < -0.4 is 5.32 Å². The van der Waals surface area contributed by atoms with Crippen molar-refractivity contribution in [2.24, 2.45) is 0 Å². The van der Waals surface area contributed by atoms with E-state index in [1.54, 1.807) is 0 Å². The van der Waals surface area contributed by atoms with Crippen LogP contribution in [0.3, 0.4) is 0 Å². The Kier molecular flexibility index (Phi) is 2.49. The molecular weight excluding hydrogens is 238 g/mol. The van der Waals surface area contributed by atoms with Crippen LogP contribution in [-0.2, 0) is 10.2 Å². The zero-order valence-corrected chi connectivity index (χ0v) is 11.4. The molecule has 19 heavy (non-hydrogen) atoms. The lowest BCUT2D eigenvalue weighted by Crippen LogP contribution is -2.26. The summed E-state index contributed by atoms with van der Waals surface area (Å²) in [4.78, 5) is 19.7. The van der Waals surface area contributed by atoms with Gasteiger partial charge < -0.3 is 10.3 Å². The van der Waals surface area contributed by atoms with Crippen molar-refractivity contribution in [1.82, 2.24) is 9.97 Å². The Labute approximate surface area is 111 Å². The maximum atomic E-state index is 11.9. The van der Waals surface area contributed by atoms with Crippen LogP contribution in [0, 0.1) is 0 Å². The van der Waals surface area contributed by atoms with E-state index >= 15 is 0 Å². The van der Waals surface area contributed by atoms with Gasteiger partial charge in [0.25, 0.3) is 0 Å². The van der Waals surface area contributed by atoms with Crippen LogP contribution >= 0.6 is 0 Å². The average Bonchev–Trinajstić information content (AvgIpc) is 2.85. The average molecular weight is 255 g/mol. The van der Waals surface area contributed by atoms with Crippen LogP contribution in [0.5, 0.6) is 0 Å². The zero-order chi connectivity index (χ0) is 13.6. The Morgan fingerprint density at radius 3 is 2.89 bits per heavy atom. The van der Waals surface area contributed by atoms with Gasteiger partial charge in [0.05, 0.1) is 16.4 Å². The Hall–Kier alpha value is -2.10. The van der Waals surface area contributed by atoms with E-state index in [4.69, 9.17) is 0 Å². The Morgan fingerprint density at radius 2 is 2.16 bits per heavy atom. The second-order valence-corrected chi connectivity index (χ2v) is 5.43. The molecule has 1 aromatic carbocycles. The van der Waals surface area contributed by atoms with Gasteiger partial charge in [0.2, 0.25) is 5.91 Å². The molecule has 1 amide bonds. The third-order valence-corrected chi connectivity index (χ3v) is 3.64. The highest BCUT2D eigenvalue weighted by atomic mass is 16.2. The van der Waals surface area contributed by atoms with E-state index in [0.717, 1.165) is 34.5 Å². The highest BCUT2D eigenvalue weighted by Crippen LogP contribution is 2.39. The number of benzene rings is 1. The van der Waals surface area contributed by atoms with Crippen molar-refractivity contribution in [3.63, 3.8) is 0 Å². The molecule has 0 saturated carbocycles. The van der Waals surface area contributed by atoms with E-state index in [2.05, 4.69) is 28.3 Å². The molecule has 0 atom stereocenters. The van der Waals surface area contributed by atoms with E-state index in [1.807, 2.05) is 32.1 Å². The van der Waals surface area contributed by atoms with Crippen LogP contribution in [-0.4, -0.2) is 15.9 Å². The van der Waals surface area contributed by atoms with Gasteiger partial charge in [-0.05, 0) is 44.0 Å². The fraction of sp³-hybridized carbons (Fsp3) is 0.333. The fourth-order valence-electron chi connectivity index (χ4n) is 2.41. The topological polar surface area (TPSA) is 57.8 Å². The summed E-state index contributed by atoms with van der Waals surface area (Å²) in [5.41, 5.74) is 3.27. The number of imidazole rings is 1. The normalized spacial score (nSPS) is 17.1. The molecule has 1 aliphatic heterocycles. The maximum Gasteiger partial charge on any atom is 0.234 e. The van der Waals surface area contributed by atoms with Gasteiger partial charge in [-0.15, -0.1) is 0 Å². The second kappa shape index (κ2) is 3.95. The second-order valence-electron chi connectivity index (χ2n) is 5.43. The van der Waals surface area contributed by atoms with Crippen LogP contribution in [0.1, 0.15) is 38.6 Å². The first-order valence-electron chi connectivity index (χ1n) is 6.54. The minimum absolute atomic E-state index is 0.0428. The number of aromatic nitrogens is 2. The molecule has 4 heteroatoms. The number of aromatic amines is 1. The molecule has 4 nitrogen and oxygen atoms in total. The highest BCUT2D eigenvalue weighted by Gasteiger charge is 2.38. The highest BCUT2D eigenvalue weighted by molar-refractivity contribution is 6.07. The number of hydrogen-bond donors (Lipinski definition) is 2. The molecule has 2 N–H and O–H groups in total. The number of fused-ring (bicyclic) bond motifs is 2. The molecule has 1 aliphatic rings. The summed E-state index contributed by atoms with van der Waals surface area (Å²) in [7, 11) is 0. The lowest BCUT2D eigenvalue weighted by atomic mass is 9.86. The Bertz CT molecular complexity index is 695. The maximum absolute atomic E-state index is 11.9. The molecule has 98 valence electrons. The van der Waals surface area contributed by atoms with Crippen LogP contribution in [0.2, 0.25) is 0 Å². The van der Waals surface area contributed by atoms with Crippen molar-refractivity contribution in [3.8, 4) is 0 Å². The molecule has 0 bridgehead atoms. The molecule has 3 rings (SSSR count). The first-order chi connectivity index (χ1) is 9.02. The number of H-pyrrole nitrogens is 1. The molecule has 0 radical (unpaired) electrons. The molecule has 0 aliphatic carbocycles. The minimum atomic E-state index is -0.484. The standard InChI is InChI=1S/C15H17N3O/c1-4-5-6-13-16-11-7-9-10(8-12(11)17-13)18-14(19)15(9,2)3/h5-8H,4H2,1-3H3,(H,16,17)(H,18,19). The summed E-state index contributed by atoms with van der Waals surface area (Å²) in [6.07, 6.45) is 5.03. The van der Waals surface area contributed by atoms with E-state index in [0.29, 0.717) is 0 Å². The SMILES string of the molecule is CCC=Cc1nc2cc3c(cc2[nH]1)NC(=O)C3(C)C.